The molecule has 0 radical (unpaired) electrons. The molecule has 0 spiro atoms. The third-order valence-electron chi connectivity index (χ3n) is 10.7. The largest absolute Gasteiger partial charge is 0.309 e. The zero-order valence-electron chi connectivity index (χ0n) is 28.9. The van der Waals surface area contributed by atoms with Gasteiger partial charge in [-0.3, -0.25) is 0 Å². The number of nitriles is 1. The highest BCUT2D eigenvalue weighted by Crippen LogP contribution is 2.36. The lowest BCUT2D eigenvalue weighted by molar-refractivity contribution is 1.17. The van der Waals surface area contributed by atoms with Crippen molar-refractivity contribution in [3.8, 4) is 28.6 Å². The number of benzene rings is 8. The van der Waals surface area contributed by atoms with E-state index in [0.29, 0.717) is 5.56 Å². The maximum atomic E-state index is 9.53. The summed E-state index contributed by atoms with van der Waals surface area (Å²) in [5, 5.41) is 14.5. The van der Waals surface area contributed by atoms with Gasteiger partial charge in [0, 0.05) is 32.9 Å². The highest BCUT2D eigenvalue weighted by atomic mass is 15.0. The predicted octanol–water partition coefficient (Wildman–Crippen LogP) is 9.94. The fourth-order valence-corrected chi connectivity index (χ4v) is 8.25. The molecule has 0 fully saturated rings. The zero-order valence-corrected chi connectivity index (χ0v) is 28.9. The fourth-order valence-electron chi connectivity index (χ4n) is 8.25. The van der Waals surface area contributed by atoms with Crippen molar-refractivity contribution < 1.29 is 0 Å². The Kier molecular flexibility index (Phi) is 7.30. The summed E-state index contributed by atoms with van der Waals surface area (Å²) in [6.07, 6.45) is 0. The lowest BCUT2D eigenvalue weighted by Crippen LogP contribution is -2.52. The fraction of sp³-hybridized carbons (Fsp3) is 0. The summed E-state index contributed by atoms with van der Waals surface area (Å²) in [6.45, 7) is -0.00706. The van der Waals surface area contributed by atoms with Gasteiger partial charge in [0.1, 0.15) is 0 Å². The van der Waals surface area contributed by atoms with Gasteiger partial charge in [-0.15, -0.1) is 0 Å². The maximum Gasteiger partial charge on any atom is 0.241 e. The molecule has 10 rings (SSSR count). The molecule has 246 valence electrons. The SMILES string of the molecule is N#Cc1ccc(B(c2ccc(-n3c4ccccc4c4cc(-n5c6ccccc6c6ccccc65)ccc43)cc2)c2cccc(-c3ccccc3)c2)cc1. The van der Waals surface area contributed by atoms with Gasteiger partial charge in [0.05, 0.1) is 33.7 Å². The molecule has 10 aromatic rings. The van der Waals surface area contributed by atoms with E-state index >= 15 is 0 Å². The van der Waals surface area contributed by atoms with E-state index in [1.165, 1.54) is 65.7 Å². The van der Waals surface area contributed by atoms with Crippen LogP contribution >= 0.6 is 0 Å². The van der Waals surface area contributed by atoms with Crippen molar-refractivity contribution in [1.29, 1.82) is 5.26 Å². The first-order chi connectivity index (χ1) is 26.2. The van der Waals surface area contributed by atoms with Gasteiger partial charge in [-0.05, 0) is 71.8 Å². The molecule has 0 N–H and O–H groups in total. The van der Waals surface area contributed by atoms with Gasteiger partial charge in [0.15, 0.2) is 0 Å². The van der Waals surface area contributed by atoms with E-state index in [9.17, 15) is 5.26 Å². The van der Waals surface area contributed by atoms with Crippen molar-refractivity contribution in [1.82, 2.24) is 9.13 Å². The molecule has 0 atom stereocenters. The molecule has 0 aliphatic heterocycles. The molecule has 2 aromatic heterocycles. The molecule has 4 heteroatoms. The molecule has 2 heterocycles. The van der Waals surface area contributed by atoms with Crippen LogP contribution in [0.1, 0.15) is 5.56 Å². The molecule has 3 nitrogen and oxygen atoms in total. The zero-order chi connectivity index (χ0) is 35.3. The van der Waals surface area contributed by atoms with Gasteiger partial charge in [-0.25, -0.2) is 0 Å². The summed E-state index contributed by atoms with van der Waals surface area (Å²) < 4.78 is 4.78. The third-order valence-corrected chi connectivity index (χ3v) is 10.7. The van der Waals surface area contributed by atoms with E-state index in [1.54, 1.807) is 0 Å². The number of rotatable bonds is 6. The standard InChI is InChI=1S/C49H32BN3/c51-33-34-21-23-37(24-22-34)50(39-14-10-13-36(31-39)35-11-2-1-3-12-35)38-25-27-40(28-26-38)52-48-20-9-6-17-44(48)45-32-41(29-30-49(45)52)53-46-18-7-4-15-42(46)43-16-5-8-19-47(43)53/h1-32H. The van der Waals surface area contributed by atoms with Crippen LogP contribution in [0.25, 0.3) is 66.1 Å². The molecule has 8 aromatic carbocycles. The smallest absolute Gasteiger partial charge is 0.241 e. The Morgan fingerprint density at radius 1 is 0.358 bits per heavy atom. The Balaban J connectivity index is 1.10. The van der Waals surface area contributed by atoms with E-state index in [0.717, 1.165) is 16.8 Å². The normalized spacial score (nSPS) is 11.4. The summed E-state index contributed by atoms with van der Waals surface area (Å²) >= 11 is 0. The van der Waals surface area contributed by atoms with Crippen LogP contribution in [0.4, 0.5) is 0 Å². The van der Waals surface area contributed by atoms with Gasteiger partial charge < -0.3 is 9.13 Å². The van der Waals surface area contributed by atoms with Crippen LogP contribution in [-0.2, 0) is 0 Å². The first kappa shape index (κ1) is 30.7. The number of para-hydroxylation sites is 3. The second-order valence-electron chi connectivity index (χ2n) is 13.7. The molecule has 0 aliphatic carbocycles. The first-order valence-corrected chi connectivity index (χ1v) is 18.0. The Morgan fingerprint density at radius 3 is 1.47 bits per heavy atom. The molecule has 0 saturated heterocycles. The monoisotopic (exact) mass is 673 g/mol. The van der Waals surface area contributed by atoms with E-state index in [4.69, 9.17) is 0 Å². The number of fused-ring (bicyclic) bond motifs is 6. The molecule has 0 unspecified atom stereocenters. The van der Waals surface area contributed by atoms with Gasteiger partial charge >= 0.3 is 0 Å². The number of nitrogens with zero attached hydrogens (tertiary/aromatic N) is 3. The molecule has 0 bridgehead atoms. The van der Waals surface area contributed by atoms with Crippen LogP contribution < -0.4 is 16.4 Å². The number of hydrogen-bond donors (Lipinski definition) is 0. The van der Waals surface area contributed by atoms with Crippen molar-refractivity contribution in [2.45, 2.75) is 0 Å². The average molecular weight is 674 g/mol. The summed E-state index contributed by atoms with van der Waals surface area (Å²) in [4.78, 5) is 0. The minimum atomic E-state index is -0.00706. The summed E-state index contributed by atoms with van der Waals surface area (Å²) in [5.74, 6) is 0. The third kappa shape index (κ3) is 5.14. The quantitative estimate of drug-likeness (QED) is 0.162. The highest BCUT2D eigenvalue weighted by Gasteiger charge is 2.23. The molecule has 0 saturated carbocycles. The van der Waals surface area contributed by atoms with Crippen molar-refractivity contribution in [3.05, 3.63) is 200 Å². The molecular formula is C49H32BN3. The van der Waals surface area contributed by atoms with Crippen molar-refractivity contribution >= 4 is 66.7 Å². The Labute approximate surface area is 308 Å². The van der Waals surface area contributed by atoms with Gasteiger partial charge in [0.2, 0.25) is 6.71 Å². The lowest BCUT2D eigenvalue weighted by Gasteiger charge is -2.18. The summed E-state index contributed by atoms with van der Waals surface area (Å²) in [5.41, 5.74) is 13.6. The molecule has 53 heavy (non-hydrogen) atoms. The molecule has 0 amide bonds. The minimum absolute atomic E-state index is 0.00706. The highest BCUT2D eigenvalue weighted by molar-refractivity contribution is 6.95. The van der Waals surface area contributed by atoms with Gasteiger partial charge in [-0.2, -0.15) is 5.26 Å². The molecular weight excluding hydrogens is 641 g/mol. The minimum Gasteiger partial charge on any atom is -0.309 e. The second-order valence-corrected chi connectivity index (χ2v) is 13.7. The van der Waals surface area contributed by atoms with E-state index < -0.39 is 0 Å². The van der Waals surface area contributed by atoms with Crippen LogP contribution in [0.3, 0.4) is 0 Å². The lowest BCUT2D eigenvalue weighted by atomic mass is 9.36. The summed E-state index contributed by atoms with van der Waals surface area (Å²) in [6, 6.07) is 71.6. The Bertz CT molecular complexity index is 2950. The van der Waals surface area contributed by atoms with Gasteiger partial charge in [0.25, 0.3) is 0 Å². The van der Waals surface area contributed by atoms with Crippen molar-refractivity contribution in [2.75, 3.05) is 0 Å². The number of hydrogen-bond acceptors (Lipinski definition) is 1. The summed E-state index contributed by atoms with van der Waals surface area (Å²) in [7, 11) is 0. The van der Waals surface area contributed by atoms with Crippen LogP contribution in [0, 0.1) is 11.3 Å². The predicted molar refractivity (Wildman–Crippen MR) is 223 cm³/mol. The van der Waals surface area contributed by atoms with Crippen LogP contribution in [-0.4, -0.2) is 15.8 Å². The van der Waals surface area contributed by atoms with E-state index in [1.807, 2.05) is 12.1 Å². The average Bonchev–Trinajstić information content (AvgIpc) is 3.75. The van der Waals surface area contributed by atoms with Crippen LogP contribution in [0.15, 0.2) is 194 Å². The maximum absolute atomic E-state index is 9.53. The van der Waals surface area contributed by atoms with Crippen molar-refractivity contribution in [2.24, 2.45) is 0 Å². The van der Waals surface area contributed by atoms with E-state index in [2.05, 4.69) is 197 Å². The number of aromatic nitrogens is 2. The van der Waals surface area contributed by atoms with Crippen molar-refractivity contribution in [3.63, 3.8) is 0 Å². The first-order valence-electron chi connectivity index (χ1n) is 18.0. The van der Waals surface area contributed by atoms with E-state index in [-0.39, 0.29) is 6.71 Å². The Morgan fingerprint density at radius 2 is 0.849 bits per heavy atom. The molecule has 0 aliphatic rings. The van der Waals surface area contributed by atoms with Gasteiger partial charge in [-0.1, -0.05) is 150 Å². The van der Waals surface area contributed by atoms with Crippen LogP contribution in [0.2, 0.25) is 0 Å². The Hall–Kier alpha value is -7.09. The topological polar surface area (TPSA) is 33.6 Å². The second kappa shape index (κ2) is 12.6. The van der Waals surface area contributed by atoms with Crippen LogP contribution in [0.5, 0.6) is 0 Å².